The Labute approximate surface area is 115 Å². The van der Waals surface area contributed by atoms with E-state index in [0.717, 1.165) is 16.4 Å². The summed E-state index contributed by atoms with van der Waals surface area (Å²) in [6.07, 6.45) is 0. The molecule has 0 radical (unpaired) electrons. The molecule has 0 N–H and O–H groups in total. The van der Waals surface area contributed by atoms with Crippen molar-refractivity contribution in [1.29, 1.82) is 0 Å². The molecule has 0 aliphatic carbocycles. The molecule has 100 valence electrons. The lowest BCUT2D eigenvalue weighted by Crippen LogP contribution is -2.05. The van der Waals surface area contributed by atoms with Gasteiger partial charge in [0.2, 0.25) is 0 Å². The van der Waals surface area contributed by atoms with Crippen LogP contribution in [-0.4, -0.2) is 0 Å². The Morgan fingerprint density at radius 3 is 2.00 bits per heavy atom. The van der Waals surface area contributed by atoms with Crippen LogP contribution in [0.4, 0.5) is 0 Å². The molecule has 19 heavy (non-hydrogen) atoms. The fraction of sp³-hybridized carbons (Fsp3) is 0.250. The van der Waals surface area contributed by atoms with Crippen LogP contribution in [-0.2, 0) is 4.57 Å². The van der Waals surface area contributed by atoms with E-state index in [1.54, 1.807) is 0 Å². The van der Waals surface area contributed by atoms with E-state index in [9.17, 15) is 4.57 Å². The number of benzene rings is 2. The van der Waals surface area contributed by atoms with Crippen molar-refractivity contribution in [1.82, 2.24) is 0 Å². The van der Waals surface area contributed by atoms with Crippen LogP contribution >= 0.6 is 8.03 Å². The Balaban J connectivity index is 2.25. The maximum Gasteiger partial charge on any atom is 0.266 e. The smallest absolute Gasteiger partial charge is 0.266 e. The SMILES string of the molecule is Cc1ccc(O[PH](=O)c2ccc(C)cc2C)c(C)c1. The standard InChI is InChI=1S/C16H19O2P/c1-11-5-7-15(13(3)9-11)18-19(17)16-8-6-12(2)10-14(16)4/h5-10,19H,1-4H3. The van der Waals surface area contributed by atoms with Gasteiger partial charge in [0.1, 0.15) is 5.75 Å². The van der Waals surface area contributed by atoms with Crippen LogP contribution in [0.25, 0.3) is 0 Å². The Bertz CT molecular complexity index is 633. The molecule has 2 aromatic rings. The van der Waals surface area contributed by atoms with Gasteiger partial charge < -0.3 is 4.52 Å². The van der Waals surface area contributed by atoms with Crippen LogP contribution in [0, 0.1) is 27.7 Å². The first kappa shape index (κ1) is 13.9. The van der Waals surface area contributed by atoms with Crippen molar-refractivity contribution in [2.45, 2.75) is 27.7 Å². The molecule has 0 heterocycles. The van der Waals surface area contributed by atoms with Gasteiger partial charge in [0.25, 0.3) is 8.03 Å². The second kappa shape index (κ2) is 5.63. The molecule has 0 spiro atoms. The van der Waals surface area contributed by atoms with E-state index in [4.69, 9.17) is 4.52 Å². The summed E-state index contributed by atoms with van der Waals surface area (Å²) < 4.78 is 18.0. The van der Waals surface area contributed by atoms with Crippen LogP contribution < -0.4 is 9.83 Å². The van der Waals surface area contributed by atoms with Crippen molar-refractivity contribution in [2.24, 2.45) is 0 Å². The molecule has 0 aromatic heterocycles. The Hall–Kier alpha value is -1.53. The molecule has 0 saturated heterocycles. The fourth-order valence-corrected chi connectivity index (χ4v) is 3.26. The van der Waals surface area contributed by atoms with Gasteiger partial charge in [-0.15, -0.1) is 0 Å². The van der Waals surface area contributed by atoms with Crippen LogP contribution in [0.5, 0.6) is 5.75 Å². The molecule has 0 aliphatic rings. The Morgan fingerprint density at radius 1 is 0.842 bits per heavy atom. The molecule has 0 fully saturated rings. The number of hydrogen-bond acceptors (Lipinski definition) is 2. The van der Waals surface area contributed by atoms with Gasteiger partial charge in [-0.25, -0.2) is 0 Å². The third-order valence-electron chi connectivity index (χ3n) is 3.13. The lowest BCUT2D eigenvalue weighted by atomic mass is 10.1. The van der Waals surface area contributed by atoms with Gasteiger partial charge in [0.15, 0.2) is 0 Å². The van der Waals surface area contributed by atoms with Crippen LogP contribution in [0.1, 0.15) is 22.3 Å². The van der Waals surface area contributed by atoms with Crippen molar-refractivity contribution >= 4 is 13.3 Å². The quantitative estimate of drug-likeness (QED) is 0.788. The minimum atomic E-state index is -2.25. The zero-order valence-corrected chi connectivity index (χ0v) is 12.8. The summed E-state index contributed by atoms with van der Waals surface area (Å²) in [4.78, 5) is 0. The summed E-state index contributed by atoms with van der Waals surface area (Å²) in [5, 5.41) is 0.801. The second-order valence-electron chi connectivity index (χ2n) is 4.98. The highest BCUT2D eigenvalue weighted by molar-refractivity contribution is 7.48. The van der Waals surface area contributed by atoms with Gasteiger partial charge in [-0.3, -0.25) is 4.57 Å². The molecule has 0 saturated carbocycles. The maximum absolute atomic E-state index is 12.3. The zero-order valence-electron chi connectivity index (χ0n) is 11.8. The normalized spacial score (nSPS) is 12.2. The third-order valence-corrected chi connectivity index (χ3v) is 4.54. The highest BCUT2D eigenvalue weighted by Gasteiger charge is 2.10. The predicted octanol–water partition coefficient (Wildman–Crippen LogP) is 4.10. The van der Waals surface area contributed by atoms with Crippen molar-refractivity contribution in [2.75, 3.05) is 0 Å². The fourth-order valence-electron chi connectivity index (χ4n) is 2.11. The van der Waals surface area contributed by atoms with E-state index in [-0.39, 0.29) is 0 Å². The summed E-state index contributed by atoms with van der Waals surface area (Å²) in [6, 6.07) is 11.8. The molecule has 3 heteroatoms. The van der Waals surface area contributed by atoms with Crippen LogP contribution in [0.2, 0.25) is 0 Å². The van der Waals surface area contributed by atoms with Crippen LogP contribution in [0.3, 0.4) is 0 Å². The van der Waals surface area contributed by atoms with E-state index in [1.807, 2.05) is 64.1 Å². The molecule has 2 aromatic carbocycles. The first-order valence-electron chi connectivity index (χ1n) is 6.34. The number of hydrogen-bond donors (Lipinski definition) is 0. The first-order valence-corrected chi connectivity index (χ1v) is 7.65. The molecule has 1 unspecified atom stereocenters. The molecule has 2 rings (SSSR count). The van der Waals surface area contributed by atoms with Gasteiger partial charge in [0.05, 0.1) is 0 Å². The lowest BCUT2D eigenvalue weighted by molar-refractivity contribution is 0.512. The van der Waals surface area contributed by atoms with Gasteiger partial charge >= 0.3 is 0 Å². The van der Waals surface area contributed by atoms with E-state index in [0.29, 0.717) is 5.75 Å². The molecule has 1 atom stereocenters. The van der Waals surface area contributed by atoms with Crippen LogP contribution in [0.15, 0.2) is 36.4 Å². The molecule has 0 bridgehead atoms. The molecule has 0 aliphatic heterocycles. The molecule has 0 amide bonds. The summed E-state index contributed by atoms with van der Waals surface area (Å²) >= 11 is 0. The van der Waals surface area contributed by atoms with Gasteiger partial charge in [-0.2, -0.15) is 0 Å². The Kier molecular flexibility index (Phi) is 4.11. The minimum absolute atomic E-state index is 0.703. The summed E-state index contributed by atoms with van der Waals surface area (Å²) in [6.45, 7) is 8.00. The number of rotatable bonds is 3. The largest absolute Gasteiger partial charge is 0.441 e. The van der Waals surface area contributed by atoms with Crippen molar-refractivity contribution in [3.63, 3.8) is 0 Å². The second-order valence-corrected chi connectivity index (χ2v) is 6.29. The first-order chi connectivity index (χ1) is 8.97. The average molecular weight is 274 g/mol. The van der Waals surface area contributed by atoms with Gasteiger partial charge in [-0.1, -0.05) is 35.4 Å². The van der Waals surface area contributed by atoms with Crippen molar-refractivity contribution in [3.8, 4) is 5.75 Å². The summed E-state index contributed by atoms with van der Waals surface area (Å²) in [5.74, 6) is 0.703. The van der Waals surface area contributed by atoms with E-state index in [1.165, 1.54) is 11.1 Å². The van der Waals surface area contributed by atoms with E-state index >= 15 is 0 Å². The Morgan fingerprint density at radius 2 is 1.42 bits per heavy atom. The van der Waals surface area contributed by atoms with Gasteiger partial charge in [0, 0.05) is 5.30 Å². The van der Waals surface area contributed by atoms with Crippen molar-refractivity contribution < 1.29 is 9.09 Å². The third kappa shape index (κ3) is 3.27. The van der Waals surface area contributed by atoms with E-state index < -0.39 is 8.03 Å². The van der Waals surface area contributed by atoms with Crippen molar-refractivity contribution in [3.05, 3.63) is 58.7 Å². The molecular formula is C16H19O2P. The predicted molar refractivity (Wildman–Crippen MR) is 81.1 cm³/mol. The topological polar surface area (TPSA) is 26.3 Å². The van der Waals surface area contributed by atoms with Gasteiger partial charge in [-0.05, 0) is 51.0 Å². The highest BCUT2D eigenvalue weighted by Crippen LogP contribution is 2.30. The summed E-state index contributed by atoms with van der Waals surface area (Å²) in [7, 11) is -2.25. The molecular weight excluding hydrogens is 255 g/mol. The monoisotopic (exact) mass is 274 g/mol. The summed E-state index contributed by atoms with van der Waals surface area (Å²) in [5.41, 5.74) is 4.38. The highest BCUT2D eigenvalue weighted by atomic mass is 31.1. The zero-order chi connectivity index (χ0) is 14.0. The number of aryl methyl sites for hydroxylation is 4. The average Bonchev–Trinajstić information content (AvgIpc) is 2.32. The minimum Gasteiger partial charge on any atom is -0.441 e. The lowest BCUT2D eigenvalue weighted by Gasteiger charge is -2.11. The van der Waals surface area contributed by atoms with E-state index in [2.05, 4.69) is 0 Å². The maximum atomic E-state index is 12.3. The molecule has 2 nitrogen and oxygen atoms in total.